The molecule has 1 aromatic rings. The summed E-state index contributed by atoms with van der Waals surface area (Å²) < 4.78 is 0. The quantitative estimate of drug-likeness (QED) is 0.210. The second-order valence-electron chi connectivity index (χ2n) is 7.87. The number of unbranched alkanes of at least 4 members (excludes halogenated alkanes) is 11. The molecule has 0 aliphatic heterocycles. The van der Waals surface area contributed by atoms with Crippen LogP contribution in [0.15, 0.2) is 30.3 Å². The van der Waals surface area contributed by atoms with Gasteiger partial charge in [-0.3, -0.25) is 4.84 Å². The van der Waals surface area contributed by atoms with Gasteiger partial charge in [0.2, 0.25) is 0 Å². The average Bonchev–Trinajstić information content (AvgIpc) is 2.63. The second-order valence-corrected chi connectivity index (χ2v) is 7.87. The Morgan fingerprint density at radius 3 is 1.81 bits per heavy atom. The van der Waals surface area contributed by atoms with Gasteiger partial charge in [-0.15, -0.1) is 0 Å². The van der Waals surface area contributed by atoms with E-state index in [2.05, 4.69) is 44.2 Å². The van der Waals surface area contributed by atoms with Crippen molar-refractivity contribution in [2.75, 3.05) is 7.05 Å². The third-order valence-electron chi connectivity index (χ3n) is 5.07. The van der Waals surface area contributed by atoms with E-state index in [1.165, 1.54) is 82.6 Å². The van der Waals surface area contributed by atoms with E-state index in [4.69, 9.17) is 4.84 Å². The number of rotatable bonds is 17. The highest BCUT2D eigenvalue weighted by Gasteiger charge is 2.07. The van der Waals surface area contributed by atoms with Gasteiger partial charge >= 0.3 is 0 Å². The van der Waals surface area contributed by atoms with Crippen molar-refractivity contribution in [3.05, 3.63) is 35.9 Å². The Morgan fingerprint density at radius 2 is 1.27 bits per heavy atom. The summed E-state index contributed by atoms with van der Waals surface area (Å²) in [5, 5.41) is 1.97. The number of benzene rings is 1. The highest BCUT2D eigenvalue weighted by molar-refractivity contribution is 5.13. The molecule has 2 heteroatoms. The van der Waals surface area contributed by atoms with Crippen LogP contribution in [0, 0.1) is 0 Å². The number of hydrogen-bond acceptors (Lipinski definition) is 2. The lowest BCUT2D eigenvalue weighted by Gasteiger charge is -2.21. The summed E-state index contributed by atoms with van der Waals surface area (Å²) in [6.45, 7) is 5.33. The van der Waals surface area contributed by atoms with Crippen molar-refractivity contribution < 1.29 is 4.84 Å². The molecule has 0 amide bonds. The molecule has 150 valence electrons. The molecule has 0 bridgehead atoms. The van der Waals surface area contributed by atoms with Crippen LogP contribution in [0.25, 0.3) is 0 Å². The fourth-order valence-corrected chi connectivity index (χ4v) is 3.51. The Balaban J connectivity index is 1.88. The summed E-state index contributed by atoms with van der Waals surface area (Å²) in [5.74, 6) is 0. The molecule has 0 N–H and O–H groups in total. The van der Waals surface area contributed by atoms with Gasteiger partial charge in [0.05, 0.1) is 6.10 Å². The molecule has 1 rings (SSSR count). The fourth-order valence-electron chi connectivity index (χ4n) is 3.51. The smallest absolute Gasteiger partial charge is 0.0765 e. The maximum Gasteiger partial charge on any atom is 0.0765 e. The van der Waals surface area contributed by atoms with Crippen LogP contribution in [0.3, 0.4) is 0 Å². The van der Waals surface area contributed by atoms with E-state index < -0.39 is 0 Å². The van der Waals surface area contributed by atoms with Gasteiger partial charge < -0.3 is 0 Å². The number of hydroxylamine groups is 2. The molecule has 1 aromatic carbocycles. The van der Waals surface area contributed by atoms with Crippen molar-refractivity contribution in [3.8, 4) is 0 Å². The number of nitrogens with zero attached hydrogens (tertiary/aromatic N) is 1. The normalized spacial score (nSPS) is 12.6. The molecule has 0 fully saturated rings. The minimum atomic E-state index is 0.312. The first-order valence-corrected chi connectivity index (χ1v) is 11.1. The summed E-state index contributed by atoms with van der Waals surface area (Å²) in [4.78, 5) is 5.99. The van der Waals surface area contributed by atoms with Crippen LogP contribution in [-0.4, -0.2) is 18.2 Å². The molecule has 2 nitrogen and oxygen atoms in total. The van der Waals surface area contributed by atoms with E-state index in [9.17, 15) is 0 Å². The Bertz CT molecular complexity index is 406. The summed E-state index contributed by atoms with van der Waals surface area (Å²) in [6.07, 6.45) is 18.4. The lowest BCUT2D eigenvalue weighted by atomic mass is 10.0. The van der Waals surface area contributed by atoms with E-state index >= 15 is 0 Å². The second kappa shape index (κ2) is 16.3. The standard InChI is InChI=1S/C24H43NO/c1-4-5-6-7-8-9-10-11-12-13-14-16-19-23(2)26-25(3)22-24-20-17-15-18-21-24/h15,17-18,20-21,23H,4-14,16,19,22H2,1-3H3. The minimum absolute atomic E-state index is 0.312. The van der Waals surface area contributed by atoms with Gasteiger partial charge in [-0.1, -0.05) is 114 Å². The molecule has 0 aliphatic rings. The molecule has 0 heterocycles. The van der Waals surface area contributed by atoms with Crippen LogP contribution in [0.1, 0.15) is 103 Å². The van der Waals surface area contributed by atoms with Gasteiger partial charge in [-0.05, 0) is 18.9 Å². The topological polar surface area (TPSA) is 12.5 Å². The van der Waals surface area contributed by atoms with Crippen molar-refractivity contribution >= 4 is 0 Å². The van der Waals surface area contributed by atoms with Crippen LogP contribution >= 0.6 is 0 Å². The lowest BCUT2D eigenvalue weighted by molar-refractivity contribution is -0.184. The van der Waals surface area contributed by atoms with Gasteiger partial charge in [0.15, 0.2) is 0 Å². The predicted octanol–water partition coefficient (Wildman–Crippen LogP) is 7.53. The van der Waals surface area contributed by atoms with E-state index in [0.29, 0.717) is 6.10 Å². The summed E-state index contributed by atoms with van der Waals surface area (Å²) in [6, 6.07) is 10.5. The van der Waals surface area contributed by atoms with Crippen LogP contribution in [0.5, 0.6) is 0 Å². The molecular weight excluding hydrogens is 318 g/mol. The Morgan fingerprint density at radius 1 is 0.769 bits per heavy atom. The van der Waals surface area contributed by atoms with E-state index in [1.54, 1.807) is 0 Å². The van der Waals surface area contributed by atoms with Gasteiger partial charge in [0.1, 0.15) is 0 Å². The van der Waals surface area contributed by atoms with Crippen molar-refractivity contribution in [1.82, 2.24) is 5.06 Å². The largest absolute Gasteiger partial charge is 0.296 e. The zero-order valence-corrected chi connectivity index (χ0v) is 17.7. The SMILES string of the molecule is CCCCCCCCCCCCCCC(C)ON(C)Cc1ccccc1. The summed E-state index contributed by atoms with van der Waals surface area (Å²) in [5.41, 5.74) is 1.30. The van der Waals surface area contributed by atoms with Crippen LogP contribution in [0.2, 0.25) is 0 Å². The monoisotopic (exact) mass is 361 g/mol. The van der Waals surface area contributed by atoms with Crippen molar-refractivity contribution in [2.24, 2.45) is 0 Å². The molecule has 0 saturated heterocycles. The molecule has 0 radical (unpaired) electrons. The first-order chi connectivity index (χ1) is 12.7. The molecule has 0 saturated carbocycles. The average molecular weight is 362 g/mol. The molecule has 1 atom stereocenters. The first kappa shape index (κ1) is 23.2. The van der Waals surface area contributed by atoms with Gasteiger partial charge in [-0.25, -0.2) is 0 Å². The van der Waals surface area contributed by atoms with Crippen molar-refractivity contribution in [2.45, 2.75) is 110 Å². The summed E-state index contributed by atoms with van der Waals surface area (Å²) >= 11 is 0. The Kier molecular flexibility index (Phi) is 14.6. The highest BCUT2D eigenvalue weighted by Crippen LogP contribution is 2.14. The molecule has 0 aliphatic carbocycles. The van der Waals surface area contributed by atoms with Crippen LogP contribution < -0.4 is 0 Å². The zero-order chi connectivity index (χ0) is 18.9. The van der Waals surface area contributed by atoms with E-state index in [1.807, 2.05) is 12.1 Å². The van der Waals surface area contributed by atoms with Gasteiger partial charge in [0.25, 0.3) is 0 Å². The maximum atomic E-state index is 5.99. The van der Waals surface area contributed by atoms with Crippen LogP contribution in [-0.2, 0) is 11.4 Å². The first-order valence-electron chi connectivity index (χ1n) is 11.1. The third-order valence-corrected chi connectivity index (χ3v) is 5.07. The Hall–Kier alpha value is -0.860. The van der Waals surface area contributed by atoms with Gasteiger partial charge in [-0.2, -0.15) is 5.06 Å². The predicted molar refractivity (Wildman–Crippen MR) is 114 cm³/mol. The maximum absolute atomic E-state index is 5.99. The van der Waals surface area contributed by atoms with Gasteiger partial charge in [0, 0.05) is 13.6 Å². The molecule has 0 spiro atoms. The third kappa shape index (κ3) is 13.4. The highest BCUT2D eigenvalue weighted by atomic mass is 16.7. The molecule has 1 unspecified atom stereocenters. The Labute approximate surface area is 163 Å². The van der Waals surface area contributed by atoms with Crippen LogP contribution in [0.4, 0.5) is 0 Å². The van der Waals surface area contributed by atoms with E-state index in [0.717, 1.165) is 13.0 Å². The fraction of sp³-hybridized carbons (Fsp3) is 0.750. The molecule has 0 aromatic heterocycles. The molecular formula is C24H43NO. The lowest BCUT2D eigenvalue weighted by Crippen LogP contribution is -2.24. The zero-order valence-electron chi connectivity index (χ0n) is 17.7. The minimum Gasteiger partial charge on any atom is -0.296 e. The molecule has 26 heavy (non-hydrogen) atoms. The van der Waals surface area contributed by atoms with Crippen molar-refractivity contribution in [1.29, 1.82) is 0 Å². The van der Waals surface area contributed by atoms with Crippen molar-refractivity contribution in [3.63, 3.8) is 0 Å². The van der Waals surface area contributed by atoms with E-state index in [-0.39, 0.29) is 0 Å². The number of hydrogen-bond donors (Lipinski definition) is 0. The summed E-state index contributed by atoms with van der Waals surface area (Å²) in [7, 11) is 2.03.